The number of halogens is 3. The maximum Gasteiger partial charge on any atom is 0.0549 e. The van der Waals surface area contributed by atoms with Crippen molar-refractivity contribution in [3.63, 3.8) is 0 Å². The van der Waals surface area contributed by atoms with Gasteiger partial charge in [-0.15, -0.1) is 11.6 Å². The van der Waals surface area contributed by atoms with Gasteiger partial charge in [0.2, 0.25) is 0 Å². The van der Waals surface area contributed by atoms with E-state index in [2.05, 4.69) is 21.2 Å². The lowest BCUT2D eigenvalue weighted by Gasteiger charge is -2.04. The Kier molecular flexibility index (Phi) is 5.38. The van der Waals surface area contributed by atoms with Gasteiger partial charge in [-0.05, 0) is 34.1 Å². The number of benzene rings is 1. The number of anilines is 1. The van der Waals surface area contributed by atoms with Crippen molar-refractivity contribution in [3.05, 3.63) is 39.8 Å². The van der Waals surface area contributed by atoms with Crippen LogP contribution in [0.1, 0.15) is 0 Å². The van der Waals surface area contributed by atoms with Gasteiger partial charge in [-0.1, -0.05) is 23.8 Å². The number of allylic oxidation sites excluding steroid dienone is 1. The Balaban J connectivity index is 2.51. The molecule has 0 radical (unpaired) electrons. The van der Waals surface area contributed by atoms with E-state index >= 15 is 0 Å². The van der Waals surface area contributed by atoms with Crippen molar-refractivity contribution in [2.75, 3.05) is 17.7 Å². The van der Waals surface area contributed by atoms with Gasteiger partial charge < -0.3 is 5.32 Å². The molecule has 1 rings (SSSR count). The molecule has 0 amide bonds. The molecule has 0 saturated heterocycles. The fraction of sp³-hybridized carbons (Fsp3) is 0.200. The molecule has 0 aliphatic rings. The van der Waals surface area contributed by atoms with Crippen molar-refractivity contribution in [2.45, 2.75) is 0 Å². The Morgan fingerprint density at radius 3 is 2.79 bits per heavy atom. The summed E-state index contributed by atoms with van der Waals surface area (Å²) in [5, 5.41) is 3.93. The van der Waals surface area contributed by atoms with E-state index < -0.39 is 0 Å². The normalized spacial score (nSPS) is 10.8. The smallest absolute Gasteiger partial charge is 0.0549 e. The molecule has 1 aromatic rings. The first-order chi connectivity index (χ1) is 6.74. The van der Waals surface area contributed by atoms with E-state index in [0.717, 1.165) is 16.7 Å². The molecule has 14 heavy (non-hydrogen) atoms. The highest BCUT2D eigenvalue weighted by molar-refractivity contribution is 9.10. The quantitative estimate of drug-likeness (QED) is 0.644. The first kappa shape index (κ1) is 11.9. The minimum atomic E-state index is 0.548. The van der Waals surface area contributed by atoms with E-state index in [0.29, 0.717) is 10.9 Å². The predicted octanol–water partition coefficient (Wildman–Crippen LogP) is 4.31. The average Bonchev–Trinajstić information content (AvgIpc) is 2.18. The highest BCUT2D eigenvalue weighted by Crippen LogP contribution is 2.25. The second-order valence-electron chi connectivity index (χ2n) is 2.64. The summed E-state index contributed by atoms with van der Waals surface area (Å²) in [6.07, 6.45) is 3.88. The maximum atomic E-state index is 5.86. The Labute approximate surface area is 102 Å². The molecule has 0 aliphatic carbocycles. The largest absolute Gasteiger partial charge is 0.382 e. The van der Waals surface area contributed by atoms with Crippen LogP contribution in [0.3, 0.4) is 0 Å². The van der Waals surface area contributed by atoms with Crippen molar-refractivity contribution in [1.82, 2.24) is 0 Å². The third-order valence-corrected chi connectivity index (χ3v) is 2.99. The second-order valence-corrected chi connectivity index (χ2v) is 4.21. The minimum Gasteiger partial charge on any atom is -0.382 e. The van der Waals surface area contributed by atoms with Crippen LogP contribution in [0.25, 0.3) is 0 Å². The predicted molar refractivity (Wildman–Crippen MR) is 67.5 cm³/mol. The third kappa shape index (κ3) is 3.91. The highest BCUT2D eigenvalue weighted by Gasteiger charge is 1.96. The molecule has 0 spiro atoms. The van der Waals surface area contributed by atoms with Gasteiger partial charge in [-0.3, -0.25) is 0 Å². The van der Waals surface area contributed by atoms with Gasteiger partial charge >= 0.3 is 0 Å². The number of rotatable bonds is 4. The molecule has 0 unspecified atom stereocenters. The SMILES string of the molecule is ClC/C=C/CNc1ccc(Cl)c(Br)c1. The fourth-order valence-electron chi connectivity index (χ4n) is 0.929. The number of alkyl halides is 1. The molecule has 0 fully saturated rings. The van der Waals surface area contributed by atoms with Crippen molar-refractivity contribution >= 4 is 44.8 Å². The van der Waals surface area contributed by atoms with Gasteiger partial charge in [0.25, 0.3) is 0 Å². The van der Waals surface area contributed by atoms with E-state index in [1.807, 2.05) is 30.4 Å². The first-order valence-electron chi connectivity index (χ1n) is 4.14. The van der Waals surface area contributed by atoms with Crippen LogP contribution in [0.2, 0.25) is 5.02 Å². The van der Waals surface area contributed by atoms with Crippen LogP contribution >= 0.6 is 39.1 Å². The van der Waals surface area contributed by atoms with Crippen molar-refractivity contribution < 1.29 is 0 Å². The van der Waals surface area contributed by atoms with Crippen LogP contribution in [-0.2, 0) is 0 Å². The number of hydrogen-bond acceptors (Lipinski definition) is 1. The zero-order valence-electron chi connectivity index (χ0n) is 7.43. The molecular formula is C10H10BrCl2N. The molecule has 0 heterocycles. The van der Waals surface area contributed by atoms with E-state index in [4.69, 9.17) is 23.2 Å². The Morgan fingerprint density at radius 2 is 2.14 bits per heavy atom. The summed E-state index contributed by atoms with van der Waals surface area (Å²) in [4.78, 5) is 0. The molecule has 1 nitrogen and oxygen atoms in total. The summed E-state index contributed by atoms with van der Waals surface area (Å²) in [5.74, 6) is 0.548. The number of nitrogens with one attached hydrogen (secondary N) is 1. The minimum absolute atomic E-state index is 0.548. The molecular weight excluding hydrogens is 285 g/mol. The van der Waals surface area contributed by atoms with Gasteiger partial charge in [0, 0.05) is 22.6 Å². The molecule has 76 valence electrons. The third-order valence-electron chi connectivity index (χ3n) is 1.60. The van der Waals surface area contributed by atoms with Crippen LogP contribution in [0.15, 0.2) is 34.8 Å². The van der Waals surface area contributed by atoms with Gasteiger partial charge in [0.05, 0.1) is 5.02 Å². The van der Waals surface area contributed by atoms with E-state index in [9.17, 15) is 0 Å². The number of hydrogen-bond donors (Lipinski definition) is 1. The van der Waals surface area contributed by atoms with E-state index in [1.54, 1.807) is 0 Å². The van der Waals surface area contributed by atoms with E-state index in [-0.39, 0.29) is 0 Å². The topological polar surface area (TPSA) is 12.0 Å². The zero-order valence-corrected chi connectivity index (χ0v) is 10.5. The second kappa shape index (κ2) is 6.33. The van der Waals surface area contributed by atoms with Crippen LogP contribution in [-0.4, -0.2) is 12.4 Å². The molecule has 0 bridgehead atoms. The Morgan fingerprint density at radius 1 is 1.36 bits per heavy atom. The molecule has 1 N–H and O–H groups in total. The molecule has 0 aromatic heterocycles. The van der Waals surface area contributed by atoms with Gasteiger partial charge in [0.15, 0.2) is 0 Å². The summed E-state index contributed by atoms with van der Waals surface area (Å²) in [5.41, 5.74) is 1.03. The van der Waals surface area contributed by atoms with Crippen molar-refractivity contribution in [1.29, 1.82) is 0 Å². The first-order valence-corrected chi connectivity index (χ1v) is 5.84. The monoisotopic (exact) mass is 293 g/mol. The van der Waals surface area contributed by atoms with Gasteiger partial charge in [-0.2, -0.15) is 0 Å². The van der Waals surface area contributed by atoms with Crippen LogP contribution in [0, 0.1) is 0 Å². The lowest BCUT2D eigenvalue weighted by Crippen LogP contribution is -1.97. The Hall–Kier alpha value is -0.180. The van der Waals surface area contributed by atoms with Crippen molar-refractivity contribution in [3.8, 4) is 0 Å². The van der Waals surface area contributed by atoms with Crippen molar-refractivity contribution in [2.24, 2.45) is 0 Å². The summed E-state index contributed by atoms with van der Waals surface area (Å²) in [7, 11) is 0. The lowest BCUT2D eigenvalue weighted by atomic mass is 10.3. The lowest BCUT2D eigenvalue weighted by molar-refractivity contribution is 1.32. The van der Waals surface area contributed by atoms with Gasteiger partial charge in [0.1, 0.15) is 0 Å². The standard InChI is InChI=1S/C10H10BrCl2N/c11-9-7-8(3-4-10(9)13)14-6-2-1-5-12/h1-4,7,14H,5-6H2/b2-1+. The Bertz CT molecular complexity index is 326. The average molecular weight is 295 g/mol. The summed E-state index contributed by atoms with van der Waals surface area (Å²) >= 11 is 14.7. The molecule has 0 aliphatic heterocycles. The van der Waals surface area contributed by atoms with Crippen LogP contribution in [0.5, 0.6) is 0 Å². The molecule has 1 aromatic carbocycles. The summed E-state index contributed by atoms with van der Waals surface area (Å²) in [6, 6.07) is 5.72. The highest BCUT2D eigenvalue weighted by atomic mass is 79.9. The maximum absolute atomic E-state index is 5.86. The molecule has 0 saturated carbocycles. The summed E-state index contributed by atoms with van der Waals surface area (Å²) < 4.78 is 0.894. The van der Waals surface area contributed by atoms with Gasteiger partial charge in [-0.25, -0.2) is 0 Å². The van der Waals surface area contributed by atoms with E-state index in [1.165, 1.54) is 0 Å². The zero-order chi connectivity index (χ0) is 10.4. The van der Waals surface area contributed by atoms with Crippen LogP contribution < -0.4 is 5.32 Å². The summed E-state index contributed by atoms with van der Waals surface area (Å²) in [6.45, 7) is 0.765. The molecule has 4 heteroatoms. The fourth-order valence-corrected chi connectivity index (χ4v) is 1.55. The van der Waals surface area contributed by atoms with Crippen LogP contribution in [0.4, 0.5) is 5.69 Å². The molecule has 0 atom stereocenters.